The zero-order valence-corrected chi connectivity index (χ0v) is 18.9. The first-order valence-corrected chi connectivity index (χ1v) is 9.91. The lowest BCUT2D eigenvalue weighted by molar-refractivity contribution is 0.156. The number of likely N-dealkylation sites (tertiary alicyclic amines) is 1. The highest BCUT2D eigenvalue weighted by atomic mass is 127. The summed E-state index contributed by atoms with van der Waals surface area (Å²) in [4.78, 5) is 9.60. The average Bonchev–Trinajstić information content (AvgIpc) is 3.19. The van der Waals surface area contributed by atoms with Gasteiger partial charge in [0.1, 0.15) is 0 Å². The Morgan fingerprint density at radius 2 is 1.92 bits per heavy atom. The molecule has 5 nitrogen and oxygen atoms in total. The molecule has 1 spiro atoms. The van der Waals surface area contributed by atoms with Gasteiger partial charge in [-0.3, -0.25) is 4.99 Å². The lowest BCUT2D eigenvalue weighted by Crippen LogP contribution is -2.41. The number of ether oxygens (including phenoxy) is 1. The number of halogens is 1. The third kappa shape index (κ3) is 7.99. The van der Waals surface area contributed by atoms with E-state index in [9.17, 15) is 0 Å². The summed E-state index contributed by atoms with van der Waals surface area (Å²) in [6, 6.07) is 0. The standard InChI is InChI=1S/C19H38N4O.HI/c1-4-20-18(21-12-8-6-5-7-9-13-22(2)3)23-14-10-19(16-23)11-15-24-17-19;/h4-17H2,1-3H3,(H,20,21);1H. The summed E-state index contributed by atoms with van der Waals surface area (Å²) in [5.41, 5.74) is 0.405. The van der Waals surface area contributed by atoms with Gasteiger partial charge in [0.25, 0.3) is 0 Å². The van der Waals surface area contributed by atoms with Gasteiger partial charge in [-0.1, -0.05) is 19.3 Å². The van der Waals surface area contributed by atoms with Gasteiger partial charge in [-0.2, -0.15) is 0 Å². The number of hydrogen-bond acceptors (Lipinski definition) is 3. The molecule has 25 heavy (non-hydrogen) atoms. The van der Waals surface area contributed by atoms with E-state index in [4.69, 9.17) is 9.73 Å². The van der Waals surface area contributed by atoms with Crippen LogP contribution in [0.15, 0.2) is 4.99 Å². The molecule has 0 aromatic heterocycles. The minimum Gasteiger partial charge on any atom is -0.381 e. The topological polar surface area (TPSA) is 40.1 Å². The molecule has 0 aromatic rings. The molecule has 2 aliphatic heterocycles. The van der Waals surface area contributed by atoms with Gasteiger partial charge in [0, 0.05) is 38.2 Å². The summed E-state index contributed by atoms with van der Waals surface area (Å²) in [7, 11) is 4.30. The van der Waals surface area contributed by atoms with E-state index in [1.807, 2.05) is 0 Å². The Hall–Kier alpha value is -0.0800. The van der Waals surface area contributed by atoms with Crippen molar-refractivity contribution in [2.45, 2.75) is 51.9 Å². The SMILES string of the molecule is CCNC(=NCCCCCCCN(C)C)N1CCC2(CCOC2)C1.I. The van der Waals surface area contributed by atoms with Crippen LogP contribution in [0.4, 0.5) is 0 Å². The number of guanidine groups is 1. The zero-order chi connectivity index (χ0) is 17.3. The molecule has 1 unspecified atom stereocenters. The Balaban J connectivity index is 0.00000312. The Labute approximate surface area is 172 Å². The van der Waals surface area contributed by atoms with Crippen molar-refractivity contribution >= 4 is 29.9 Å². The predicted octanol–water partition coefficient (Wildman–Crippen LogP) is 3.19. The third-order valence-electron chi connectivity index (χ3n) is 5.28. The molecular formula is C19H39IN4O. The molecule has 2 heterocycles. The highest BCUT2D eigenvalue weighted by Crippen LogP contribution is 2.38. The van der Waals surface area contributed by atoms with E-state index < -0.39 is 0 Å². The van der Waals surface area contributed by atoms with Gasteiger partial charge in [0.15, 0.2) is 5.96 Å². The second kappa shape index (κ2) is 12.3. The van der Waals surface area contributed by atoms with E-state index in [2.05, 4.69) is 36.1 Å². The highest BCUT2D eigenvalue weighted by molar-refractivity contribution is 14.0. The number of aliphatic imine (C=N–C) groups is 1. The maximum atomic E-state index is 5.64. The molecule has 2 fully saturated rings. The van der Waals surface area contributed by atoms with E-state index in [0.717, 1.165) is 45.4 Å². The summed E-state index contributed by atoms with van der Waals surface area (Å²) >= 11 is 0. The van der Waals surface area contributed by atoms with Crippen LogP contribution in [0, 0.1) is 5.41 Å². The van der Waals surface area contributed by atoms with Crippen molar-refractivity contribution in [3.63, 3.8) is 0 Å². The van der Waals surface area contributed by atoms with Crippen molar-refractivity contribution in [1.82, 2.24) is 15.1 Å². The first-order valence-electron chi connectivity index (χ1n) is 9.91. The van der Waals surface area contributed by atoms with Crippen LogP contribution < -0.4 is 5.32 Å². The van der Waals surface area contributed by atoms with Crippen molar-refractivity contribution in [2.75, 3.05) is 60.0 Å². The van der Waals surface area contributed by atoms with Crippen LogP contribution in [0.2, 0.25) is 0 Å². The molecular weight excluding hydrogens is 427 g/mol. The fraction of sp³-hybridized carbons (Fsp3) is 0.947. The Kier molecular flexibility index (Phi) is 11.3. The molecule has 0 radical (unpaired) electrons. The van der Waals surface area contributed by atoms with E-state index in [-0.39, 0.29) is 24.0 Å². The average molecular weight is 466 g/mol. The second-order valence-electron chi connectivity index (χ2n) is 7.78. The predicted molar refractivity (Wildman–Crippen MR) is 117 cm³/mol. The lowest BCUT2D eigenvalue weighted by atomic mass is 9.87. The van der Waals surface area contributed by atoms with Crippen LogP contribution in [-0.2, 0) is 4.74 Å². The summed E-state index contributed by atoms with van der Waals surface area (Å²) in [6.07, 6.45) is 8.98. The largest absolute Gasteiger partial charge is 0.381 e. The Bertz CT molecular complexity index is 384. The molecule has 2 aliphatic rings. The molecule has 1 atom stereocenters. The smallest absolute Gasteiger partial charge is 0.193 e. The van der Waals surface area contributed by atoms with Crippen molar-refractivity contribution in [3.8, 4) is 0 Å². The molecule has 148 valence electrons. The second-order valence-corrected chi connectivity index (χ2v) is 7.78. The number of hydrogen-bond donors (Lipinski definition) is 1. The molecule has 0 aliphatic carbocycles. The first-order chi connectivity index (χ1) is 11.7. The molecule has 0 amide bonds. The molecule has 1 N–H and O–H groups in total. The van der Waals surface area contributed by atoms with E-state index >= 15 is 0 Å². The van der Waals surface area contributed by atoms with E-state index in [1.54, 1.807) is 0 Å². The molecule has 0 bridgehead atoms. The monoisotopic (exact) mass is 466 g/mol. The summed E-state index contributed by atoms with van der Waals surface area (Å²) < 4.78 is 5.64. The van der Waals surface area contributed by atoms with Crippen LogP contribution in [0.25, 0.3) is 0 Å². The maximum absolute atomic E-state index is 5.64. The van der Waals surface area contributed by atoms with Crippen LogP contribution >= 0.6 is 24.0 Å². The van der Waals surface area contributed by atoms with Crippen molar-refractivity contribution < 1.29 is 4.74 Å². The van der Waals surface area contributed by atoms with Gasteiger partial charge in [0.2, 0.25) is 0 Å². The van der Waals surface area contributed by atoms with Gasteiger partial charge in [-0.15, -0.1) is 24.0 Å². The van der Waals surface area contributed by atoms with Crippen molar-refractivity contribution in [3.05, 3.63) is 0 Å². The first kappa shape index (κ1) is 23.0. The molecule has 0 saturated carbocycles. The summed E-state index contributed by atoms with van der Waals surface area (Å²) in [6.45, 7) is 9.39. The minimum atomic E-state index is 0. The molecule has 0 aromatic carbocycles. The number of nitrogens with zero attached hydrogens (tertiary/aromatic N) is 3. The van der Waals surface area contributed by atoms with E-state index in [0.29, 0.717) is 5.41 Å². The normalized spacial score (nSPS) is 23.5. The minimum absolute atomic E-state index is 0. The number of rotatable bonds is 9. The molecule has 2 rings (SSSR count). The van der Waals surface area contributed by atoms with Crippen LogP contribution in [0.1, 0.15) is 51.9 Å². The highest BCUT2D eigenvalue weighted by Gasteiger charge is 2.42. The quantitative estimate of drug-likeness (QED) is 0.245. The Morgan fingerprint density at radius 3 is 2.60 bits per heavy atom. The fourth-order valence-corrected chi connectivity index (χ4v) is 3.77. The summed E-state index contributed by atoms with van der Waals surface area (Å²) in [5, 5.41) is 3.48. The zero-order valence-electron chi connectivity index (χ0n) is 16.6. The van der Waals surface area contributed by atoms with E-state index in [1.165, 1.54) is 51.5 Å². The van der Waals surface area contributed by atoms with Gasteiger partial charge >= 0.3 is 0 Å². The van der Waals surface area contributed by atoms with Crippen molar-refractivity contribution in [2.24, 2.45) is 10.4 Å². The molecule has 6 heteroatoms. The van der Waals surface area contributed by atoms with Crippen LogP contribution in [0.3, 0.4) is 0 Å². The van der Waals surface area contributed by atoms with Crippen molar-refractivity contribution in [1.29, 1.82) is 0 Å². The van der Waals surface area contributed by atoms with Gasteiger partial charge in [-0.25, -0.2) is 0 Å². The fourth-order valence-electron chi connectivity index (χ4n) is 3.77. The van der Waals surface area contributed by atoms with Crippen LogP contribution in [-0.4, -0.2) is 75.8 Å². The number of nitrogens with one attached hydrogen (secondary N) is 1. The number of unbranched alkanes of at least 4 members (excludes halogenated alkanes) is 4. The Morgan fingerprint density at radius 1 is 1.16 bits per heavy atom. The maximum Gasteiger partial charge on any atom is 0.193 e. The lowest BCUT2D eigenvalue weighted by Gasteiger charge is -2.25. The van der Waals surface area contributed by atoms with Gasteiger partial charge in [-0.05, 0) is 53.2 Å². The molecule has 2 saturated heterocycles. The summed E-state index contributed by atoms with van der Waals surface area (Å²) in [5.74, 6) is 1.12. The van der Waals surface area contributed by atoms with Crippen LogP contribution in [0.5, 0.6) is 0 Å². The van der Waals surface area contributed by atoms with Gasteiger partial charge in [0.05, 0.1) is 6.61 Å². The van der Waals surface area contributed by atoms with Gasteiger partial charge < -0.3 is 19.9 Å². The third-order valence-corrected chi connectivity index (χ3v) is 5.28.